The zero-order chi connectivity index (χ0) is 12.7. The second-order valence-corrected chi connectivity index (χ2v) is 5.26. The quantitative estimate of drug-likeness (QED) is 0.853. The molecule has 1 heterocycles. The average molecular weight is 294 g/mol. The summed E-state index contributed by atoms with van der Waals surface area (Å²) in [6.45, 7) is 7.98. The van der Waals surface area contributed by atoms with E-state index in [2.05, 4.69) is 27.8 Å². The van der Waals surface area contributed by atoms with Crippen LogP contribution in [0.15, 0.2) is 15.3 Å². The van der Waals surface area contributed by atoms with Crippen LogP contribution in [0.1, 0.15) is 29.3 Å². The lowest BCUT2D eigenvalue weighted by Gasteiger charge is -2.11. The van der Waals surface area contributed by atoms with Crippen LogP contribution in [0.25, 0.3) is 10.9 Å². The standard InChI is InChI=1S/C14H16BrNO/c1-5-10-8(3)14(17)12-9(4)13(15)7(2)6-11(12)16-10/h6H,5H2,1-4H3,(H,16,17). The Kier molecular flexibility index (Phi) is 3.13. The minimum Gasteiger partial charge on any atom is -0.358 e. The van der Waals surface area contributed by atoms with Crippen molar-refractivity contribution in [2.75, 3.05) is 0 Å². The van der Waals surface area contributed by atoms with E-state index in [9.17, 15) is 4.79 Å². The number of aryl methyl sites for hydroxylation is 3. The van der Waals surface area contributed by atoms with Gasteiger partial charge < -0.3 is 4.98 Å². The van der Waals surface area contributed by atoms with Crippen molar-refractivity contribution in [3.63, 3.8) is 0 Å². The third-order valence-corrected chi connectivity index (χ3v) is 4.56. The summed E-state index contributed by atoms with van der Waals surface area (Å²) in [5.74, 6) is 0. The van der Waals surface area contributed by atoms with Crippen LogP contribution in [0, 0.1) is 20.8 Å². The highest BCUT2D eigenvalue weighted by molar-refractivity contribution is 9.10. The number of fused-ring (bicyclic) bond motifs is 1. The topological polar surface area (TPSA) is 32.9 Å². The van der Waals surface area contributed by atoms with E-state index in [0.717, 1.165) is 44.2 Å². The molecule has 0 unspecified atom stereocenters. The molecule has 0 amide bonds. The number of aromatic amines is 1. The number of hydrogen-bond donors (Lipinski definition) is 1. The summed E-state index contributed by atoms with van der Waals surface area (Å²) in [6, 6.07) is 2.03. The molecule has 0 saturated carbocycles. The first-order valence-corrected chi connectivity index (χ1v) is 6.57. The predicted molar refractivity (Wildman–Crippen MR) is 75.9 cm³/mol. The van der Waals surface area contributed by atoms with E-state index >= 15 is 0 Å². The molecule has 0 aliphatic heterocycles. The maximum atomic E-state index is 12.4. The van der Waals surface area contributed by atoms with Crippen LogP contribution in [-0.2, 0) is 6.42 Å². The maximum absolute atomic E-state index is 12.4. The van der Waals surface area contributed by atoms with E-state index in [1.165, 1.54) is 0 Å². The van der Waals surface area contributed by atoms with Gasteiger partial charge in [-0.25, -0.2) is 0 Å². The van der Waals surface area contributed by atoms with Crippen molar-refractivity contribution in [2.45, 2.75) is 34.1 Å². The van der Waals surface area contributed by atoms with E-state index in [0.29, 0.717) is 0 Å². The molecule has 0 bridgehead atoms. The predicted octanol–water partition coefficient (Wildman–Crippen LogP) is 3.78. The van der Waals surface area contributed by atoms with Crippen LogP contribution < -0.4 is 5.43 Å². The third kappa shape index (κ3) is 1.82. The Labute approximate surface area is 109 Å². The summed E-state index contributed by atoms with van der Waals surface area (Å²) >= 11 is 3.54. The summed E-state index contributed by atoms with van der Waals surface area (Å²) in [4.78, 5) is 15.7. The van der Waals surface area contributed by atoms with Gasteiger partial charge in [-0.05, 0) is 44.4 Å². The number of H-pyrrole nitrogens is 1. The molecule has 1 aromatic carbocycles. The molecule has 3 heteroatoms. The highest BCUT2D eigenvalue weighted by Gasteiger charge is 2.12. The Balaban J connectivity index is 3.03. The Bertz CT molecular complexity index is 656. The number of benzene rings is 1. The van der Waals surface area contributed by atoms with Crippen molar-refractivity contribution in [1.82, 2.24) is 4.98 Å². The summed E-state index contributed by atoms with van der Waals surface area (Å²) in [7, 11) is 0. The van der Waals surface area contributed by atoms with Gasteiger partial charge in [0.1, 0.15) is 0 Å². The van der Waals surface area contributed by atoms with Gasteiger partial charge in [-0.15, -0.1) is 0 Å². The van der Waals surface area contributed by atoms with Gasteiger partial charge in [0.25, 0.3) is 0 Å². The monoisotopic (exact) mass is 293 g/mol. The number of pyridine rings is 1. The largest absolute Gasteiger partial charge is 0.358 e. The molecule has 2 nitrogen and oxygen atoms in total. The van der Waals surface area contributed by atoms with Crippen molar-refractivity contribution >= 4 is 26.8 Å². The molecule has 0 atom stereocenters. The van der Waals surface area contributed by atoms with Gasteiger partial charge in [-0.1, -0.05) is 22.9 Å². The molecule has 0 spiro atoms. The minimum atomic E-state index is 0.147. The molecule has 1 N–H and O–H groups in total. The molecule has 0 fully saturated rings. The van der Waals surface area contributed by atoms with Gasteiger partial charge in [0.15, 0.2) is 5.43 Å². The van der Waals surface area contributed by atoms with Crippen molar-refractivity contribution in [1.29, 1.82) is 0 Å². The number of aromatic nitrogens is 1. The van der Waals surface area contributed by atoms with Crippen molar-refractivity contribution < 1.29 is 0 Å². The molecular weight excluding hydrogens is 278 g/mol. The Hall–Kier alpha value is -1.09. The Morgan fingerprint density at radius 3 is 2.47 bits per heavy atom. The second kappa shape index (κ2) is 4.30. The number of halogens is 1. The first kappa shape index (κ1) is 12.4. The van der Waals surface area contributed by atoms with Crippen LogP contribution in [0.4, 0.5) is 0 Å². The summed E-state index contributed by atoms with van der Waals surface area (Å²) in [6.07, 6.45) is 0.852. The zero-order valence-electron chi connectivity index (χ0n) is 10.6. The van der Waals surface area contributed by atoms with Crippen molar-refractivity contribution in [3.05, 3.63) is 43.1 Å². The molecule has 0 saturated heterocycles. The SMILES string of the molecule is CCc1[nH]c2cc(C)c(Br)c(C)c2c(=O)c1C. The molecule has 0 aliphatic rings. The summed E-state index contributed by atoms with van der Waals surface area (Å²) in [5.41, 5.74) is 5.12. The third-order valence-electron chi connectivity index (χ3n) is 3.34. The smallest absolute Gasteiger partial charge is 0.192 e. The van der Waals surface area contributed by atoms with Crippen molar-refractivity contribution in [2.24, 2.45) is 0 Å². The van der Waals surface area contributed by atoms with Gasteiger partial charge in [0.2, 0.25) is 0 Å². The maximum Gasteiger partial charge on any atom is 0.192 e. The van der Waals surface area contributed by atoms with Gasteiger partial charge in [-0.2, -0.15) is 0 Å². The zero-order valence-corrected chi connectivity index (χ0v) is 12.2. The molecule has 2 aromatic rings. The molecule has 17 heavy (non-hydrogen) atoms. The molecule has 0 radical (unpaired) electrons. The van der Waals surface area contributed by atoms with Crippen LogP contribution in [0.5, 0.6) is 0 Å². The van der Waals surface area contributed by atoms with Gasteiger partial charge >= 0.3 is 0 Å². The summed E-state index contributed by atoms with van der Waals surface area (Å²) < 4.78 is 1.03. The van der Waals surface area contributed by atoms with Gasteiger partial charge in [0.05, 0.1) is 5.52 Å². The van der Waals surface area contributed by atoms with Crippen molar-refractivity contribution in [3.8, 4) is 0 Å². The molecular formula is C14H16BrNO. The fourth-order valence-corrected chi connectivity index (χ4v) is 2.60. The number of rotatable bonds is 1. The van der Waals surface area contributed by atoms with E-state index in [1.54, 1.807) is 0 Å². The molecule has 90 valence electrons. The average Bonchev–Trinajstić information content (AvgIpc) is 2.30. The van der Waals surface area contributed by atoms with Crippen LogP contribution in [-0.4, -0.2) is 4.98 Å². The van der Waals surface area contributed by atoms with Crippen LogP contribution >= 0.6 is 15.9 Å². The minimum absolute atomic E-state index is 0.147. The molecule has 2 rings (SSSR count). The van der Waals surface area contributed by atoms with E-state index < -0.39 is 0 Å². The lowest BCUT2D eigenvalue weighted by Crippen LogP contribution is -2.13. The van der Waals surface area contributed by atoms with Gasteiger partial charge in [0, 0.05) is 21.1 Å². The van der Waals surface area contributed by atoms with Gasteiger partial charge in [-0.3, -0.25) is 4.79 Å². The number of nitrogens with one attached hydrogen (secondary N) is 1. The van der Waals surface area contributed by atoms with E-state index in [1.807, 2.05) is 26.8 Å². The second-order valence-electron chi connectivity index (χ2n) is 4.47. The highest BCUT2D eigenvalue weighted by Crippen LogP contribution is 2.27. The highest BCUT2D eigenvalue weighted by atomic mass is 79.9. The Morgan fingerprint density at radius 2 is 1.88 bits per heavy atom. The first-order valence-electron chi connectivity index (χ1n) is 5.78. The normalized spacial score (nSPS) is 11.1. The Morgan fingerprint density at radius 1 is 1.24 bits per heavy atom. The lowest BCUT2D eigenvalue weighted by atomic mass is 10.0. The van der Waals surface area contributed by atoms with Crippen LogP contribution in [0.2, 0.25) is 0 Å². The lowest BCUT2D eigenvalue weighted by molar-refractivity contribution is 1.02. The van der Waals surface area contributed by atoms with Crippen LogP contribution in [0.3, 0.4) is 0 Å². The van der Waals surface area contributed by atoms with E-state index in [4.69, 9.17) is 0 Å². The fraction of sp³-hybridized carbons (Fsp3) is 0.357. The number of hydrogen-bond acceptors (Lipinski definition) is 1. The summed E-state index contributed by atoms with van der Waals surface area (Å²) in [5, 5.41) is 0.803. The first-order chi connectivity index (χ1) is 7.97. The molecule has 1 aromatic heterocycles. The molecule has 0 aliphatic carbocycles. The van der Waals surface area contributed by atoms with E-state index in [-0.39, 0.29) is 5.43 Å². The fourth-order valence-electron chi connectivity index (χ4n) is 2.29.